The lowest BCUT2D eigenvalue weighted by Crippen LogP contribution is -2.52. The molecule has 1 aliphatic carbocycles. The van der Waals surface area contributed by atoms with Crippen molar-refractivity contribution in [2.24, 2.45) is 11.8 Å². The second-order valence-electron chi connectivity index (χ2n) is 10.3. The molecule has 0 radical (unpaired) electrons. The van der Waals surface area contributed by atoms with E-state index >= 15 is 0 Å². The number of amides is 3. The Morgan fingerprint density at radius 2 is 1.56 bits per heavy atom. The van der Waals surface area contributed by atoms with Gasteiger partial charge >= 0.3 is 5.97 Å². The number of Topliss-reactive ketones (excluding diaryl/α,β-unsaturated/α-hetero) is 1. The highest BCUT2D eigenvalue weighted by molar-refractivity contribution is 6.42. The van der Waals surface area contributed by atoms with E-state index in [1.165, 1.54) is 55.6 Å². The van der Waals surface area contributed by atoms with E-state index in [2.05, 4.69) is 0 Å². The molecule has 3 aromatic rings. The summed E-state index contributed by atoms with van der Waals surface area (Å²) in [5.74, 6) is -3.56. The van der Waals surface area contributed by atoms with Crippen LogP contribution in [-0.2, 0) is 9.59 Å². The predicted molar refractivity (Wildman–Crippen MR) is 158 cm³/mol. The fraction of sp³-hybridized carbons (Fsp3) is 0.219. The van der Waals surface area contributed by atoms with Gasteiger partial charge in [-0.05, 0) is 80.4 Å². The van der Waals surface area contributed by atoms with Crippen LogP contribution in [0.2, 0.25) is 10.0 Å². The number of hydrazine groups is 1. The van der Waals surface area contributed by atoms with Crippen molar-refractivity contribution >= 4 is 52.7 Å². The second-order valence-corrected chi connectivity index (χ2v) is 11.1. The first-order chi connectivity index (χ1) is 20.6. The van der Waals surface area contributed by atoms with Crippen LogP contribution in [0.5, 0.6) is 11.5 Å². The maximum atomic E-state index is 13.7. The van der Waals surface area contributed by atoms with Crippen molar-refractivity contribution in [2.45, 2.75) is 19.8 Å². The number of hydrogen-bond acceptors (Lipinski definition) is 7. The van der Waals surface area contributed by atoms with Crippen LogP contribution in [0.15, 0.2) is 78.4 Å². The van der Waals surface area contributed by atoms with Crippen LogP contribution in [0.3, 0.4) is 0 Å². The Morgan fingerprint density at radius 3 is 2.26 bits per heavy atom. The van der Waals surface area contributed by atoms with Gasteiger partial charge in [0.05, 0.1) is 34.6 Å². The van der Waals surface area contributed by atoms with Gasteiger partial charge in [-0.3, -0.25) is 19.2 Å². The molecule has 1 fully saturated rings. The molecule has 11 heteroatoms. The van der Waals surface area contributed by atoms with Crippen molar-refractivity contribution in [2.75, 3.05) is 13.7 Å². The molecule has 0 aromatic heterocycles. The number of carbonyl (C=O) groups excluding carboxylic acids is 5. The monoisotopic (exact) mass is 620 g/mol. The zero-order chi connectivity index (χ0) is 30.8. The molecule has 0 N–H and O–H groups in total. The SMILES string of the molecule is COc1cccc(C(=O)Oc2ccc(C(=O)CN(C(=O)c3ccc(Cl)c(Cl)c3)N3C(=O)[C@H]4CC=C(C)C[C@@H]4C3=O)cc2)c1. The first-order valence-corrected chi connectivity index (χ1v) is 14.1. The third-order valence-corrected chi connectivity index (χ3v) is 8.17. The van der Waals surface area contributed by atoms with Gasteiger partial charge < -0.3 is 9.47 Å². The summed E-state index contributed by atoms with van der Waals surface area (Å²) < 4.78 is 10.5. The number of ketones is 1. The number of nitrogens with zero attached hydrogens (tertiary/aromatic N) is 2. The summed E-state index contributed by atoms with van der Waals surface area (Å²) in [6.45, 7) is 1.28. The number of rotatable bonds is 8. The third kappa shape index (κ3) is 6.18. The predicted octanol–water partition coefficient (Wildman–Crippen LogP) is 5.80. The number of imide groups is 1. The number of hydrogen-bond donors (Lipinski definition) is 0. The number of halogens is 2. The van der Waals surface area contributed by atoms with Gasteiger partial charge in [-0.1, -0.05) is 40.9 Å². The van der Waals surface area contributed by atoms with Crippen LogP contribution in [0, 0.1) is 11.8 Å². The molecular formula is C32H26Cl2N2O7. The molecule has 220 valence electrons. The minimum atomic E-state index is -0.763. The molecule has 2 atom stereocenters. The molecule has 3 aromatic carbocycles. The molecule has 43 heavy (non-hydrogen) atoms. The van der Waals surface area contributed by atoms with Gasteiger partial charge in [-0.2, -0.15) is 5.01 Å². The summed E-state index contributed by atoms with van der Waals surface area (Å²) in [5, 5.41) is 1.99. The Kier molecular flexibility index (Phi) is 8.66. The topological polar surface area (TPSA) is 110 Å². The van der Waals surface area contributed by atoms with Crippen molar-refractivity contribution < 1.29 is 33.4 Å². The normalized spacial score (nSPS) is 17.7. The fourth-order valence-electron chi connectivity index (χ4n) is 5.12. The molecule has 5 rings (SSSR count). The molecule has 3 amide bonds. The Labute approximate surface area is 257 Å². The summed E-state index contributed by atoms with van der Waals surface area (Å²) in [7, 11) is 1.49. The number of carbonyl (C=O) groups is 5. The van der Waals surface area contributed by atoms with Crippen molar-refractivity contribution in [3.8, 4) is 11.5 Å². The number of ether oxygens (including phenoxy) is 2. The summed E-state index contributed by atoms with van der Waals surface area (Å²) >= 11 is 12.2. The Morgan fingerprint density at radius 1 is 0.860 bits per heavy atom. The second kappa shape index (κ2) is 12.4. The quantitative estimate of drug-likeness (QED) is 0.103. The Balaban J connectivity index is 1.38. The molecule has 0 saturated carbocycles. The minimum Gasteiger partial charge on any atom is -0.497 e. The van der Waals surface area contributed by atoms with Gasteiger partial charge in [0.25, 0.3) is 17.7 Å². The van der Waals surface area contributed by atoms with E-state index in [-0.39, 0.29) is 32.5 Å². The lowest BCUT2D eigenvalue weighted by molar-refractivity contribution is -0.154. The molecule has 1 heterocycles. The van der Waals surface area contributed by atoms with Gasteiger partial charge in [0.1, 0.15) is 18.0 Å². The summed E-state index contributed by atoms with van der Waals surface area (Å²) in [4.78, 5) is 66.7. The van der Waals surface area contributed by atoms with Gasteiger partial charge in [0.2, 0.25) is 0 Å². The summed E-state index contributed by atoms with van der Waals surface area (Å²) in [6.07, 6.45) is 2.68. The van der Waals surface area contributed by atoms with E-state index in [0.29, 0.717) is 18.6 Å². The average molecular weight is 621 g/mol. The molecule has 0 spiro atoms. The van der Waals surface area contributed by atoms with Gasteiger partial charge in [-0.15, -0.1) is 0 Å². The van der Waals surface area contributed by atoms with E-state index in [1.807, 2.05) is 13.0 Å². The number of esters is 1. The lowest BCUT2D eigenvalue weighted by Gasteiger charge is -2.30. The van der Waals surface area contributed by atoms with Gasteiger partial charge in [0, 0.05) is 11.1 Å². The number of allylic oxidation sites excluding steroid dienone is 2. The van der Waals surface area contributed by atoms with E-state index < -0.39 is 47.9 Å². The maximum Gasteiger partial charge on any atom is 0.343 e. The highest BCUT2D eigenvalue weighted by Gasteiger charge is 2.51. The summed E-state index contributed by atoms with van der Waals surface area (Å²) in [6, 6.07) is 16.3. The average Bonchev–Trinajstić information content (AvgIpc) is 3.25. The molecule has 9 nitrogen and oxygen atoms in total. The zero-order valence-corrected chi connectivity index (χ0v) is 24.7. The number of benzene rings is 3. The Bertz CT molecular complexity index is 1670. The van der Waals surface area contributed by atoms with Crippen LogP contribution in [0.25, 0.3) is 0 Å². The first-order valence-electron chi connectivity index (χ1n) is 13.4. The molecular weight excluding hydrogens is 595 g/mol. The number of methoxy groups -OCH3 is 1. The van der Waals surface area contributed by atoms with Crippen molar-refractivity contribution in [1.82, 2.24) is 10.0 Å². The van der Waals surface area contributed by atoms with Gasteiger partial charge in [-0.25, -0.2) is 9.80 Å². The van der Waals surface area contributed by atoms with Crippen LogP contribution in [0.1, 0.15) is 50.8 Å². The molecule has 1 saturated heterocycles. The van der Waals surface area contributed by atoms with Gasteiger partial charge in [0.15, 0.2) is 5.78 Å². The van der Waals surface area contributed by atoms with E-state index in [4.69, 9.17) is 32.7 Å². The van der Waals surface area contributed by atoms with Crippen molar-refractivity contribution in [3.05, 3.63) is 105 Å². The van der Waals surface area contributed by atoms with Crippen LogP contribution < -0.4 is 9.47 Å². The van der Waals surface area contributed by atoms with Crippen molar-refractivity contribution in [1.29, 1.82) is 0 Å². The fourth-order valence-corrected chi connectivity index (χ4v) is 5.42. The molecule has 1 aliphatic heterocycles. The smallest absolute Gasteiger partial charge is 0.343 e. The Hall–Kier alpha value is -4.47. The maximum absolute atomic E-state index is 13.7. The van der Waals surface area contributed by atoms with Crippen LogP contribution in [-0.4, -0.2) is 53.1 Å². The van der Waals surface area contributed by atoms with Crippen LogP contribution >= 0.6 is 23.2 Å². The standard InChI is InChI=1S/C32H26Cl2N2O7/c1-18-6-12-24-25(14-18)31(40)36(30(24)39)35(29(38)20-9-13-26(33)27(34)16-20)17-28(37)19-7-10-22(11-8-19)43-32(41)21-4-3-5-23(15-21)42-2/h3-11,13,15-16,24-25H,12,14,17H2,1-2H3/t24-,25-/m0/s1. The highest BCUT2D eigenvalue weighted by atomic mass is 35.5. The lowest BCUT2D eigenvalue weighted by atomic mass is 9.82. The minimum absolute atomic E-state index is 0.0479. The number of fused-ring (bicyclic) bond motifs is 1. The largest absolute Gasteiger partial charge is 0.497 e. The third-order valence-electron chi connectivity index (χ3n) is 7.43. The molecule has 2 aliphatic rings. The highest BCUT2D eigenvalue weighted by Crippen LogP contribution is 2.39. The van der Waals surface area contributed by atoms with Crippen molar-refractivity contribution in [3.63, 3.8) is 0 Å². The van der Waals surface area contributed by atoms with E-state index in [0.717, 1.165) is 15.6 Å². The molecule has 0 bridgehead atoms. The van der Waals surface area contributed by atoms with E-state index in [1.54, 1.807) is 18.2 Å². The van der Waals surface area contributed by atoms with Crippen LogP contribution in [0.4, 0.5) is 0 Å². The zero-order valence-electron chi connectivity index (χ0n) is 23.2. The molecule has 0 unspecified atom stereocenters. The first kappa shape index (κ1) is 30.0. The summed E-state index contributed by atoms with van der Waals surface area (Å²) in [5.41, 5.74) is 1.48. The van der Waals surface area contributed by atoms with E-state index in [9.17, 15) is 24.0 Å².